The van der Waals surface area contributed by atoms with E-state index in [-0.39, 0.29) is 0 Å². The molecular formula is C16H26N2O2S. The molecule has 0 heterocycles. The lowest BCUT2D eigenvalue weighted by molar-refractivity contribution is 0.479. The van der Waals surface area contributed by atoms with Crippen LogP contribution < -0.4 is 10.0 Å². The maximum atomic E-state index is 12.2. The molecule has 0 radical (unpaired) electrons. The lowest BCUT2D eigenvalue weighted by Crippen LogP contribution is -2.29. The van der Waals surface area contributed by atoms with Gasteiger partial charge in [-0.2, -0.15) is 0 Å². The highest BCUT2D eigenvalue weighted by Gasteiger charge is 2.20. The summed E-state index contributed by atoms with van der Waals surface area (Å²) in [7, 11) is -3.38. The second-order valence-electron chi connectivity index (χ2n) is 5.83. The van der Waals surface area contributed by atoms with Crippen molar-refractivity contribution < 1.29 is 8.42 Å². The van der Waals surface area contributed by atoms with E-state index in [9.17, 15) is 8.42 Å². The van der Waals surface area contributed by atoms with E-state index in [1.54, 1.807) is 12.1 Å². The van der Waals surface area contributed by atoms with Crippen LogP contribution in [0.2, 0.25) is 0 Å². The Kier molecular flexibility index (Phi) is 5.79. The van der Waals surface area contributed by atoms with Gasteiger partial charge in [-0.05, 0) is 36.5 Å². The number of sulfonamides is 1. The van der Waals surface area contributed by atoms with E-state index in [0.717, 1.165) is 24.9 Å². The van der Waals surface area contributed by atoms with E-state index in [2.05, 4.69) is 23.9 Å². The average Bonchev–Trinajstić information content (AvgIpc) is 3.31. The first-order chi connectivity index (χ1) is 10.0. The second-order valence-corrected chi connectivity index (χ2v) is 7.60. The van der Waals surface area contributed by atoms with Crippen LogP contribution in [-0.4, -0.2) is 21.0 Å². The van der Waals surface area contributed by atoms with Crippen molar-refractivity contribution in [2.75, 3.05) is 6.54 Å². The van der Waals surface area contributed by atoms with Crippen LogP contribution in [0.5, 0.6) is 0 Å². The molecule has 4 nitrogen and oxygen atoms in total. The Bertz CT molecular complexity index is 532. The summed E-state index contributed by atoms with van der Waals surface area (Å²) in [6.45, 7) is 5.50. The molecule has 0 aliphatic heterocycles. The van der Waals surface area contributed by atoms with Crippen molar-refractivity contribution in [2.45, 2.75) is 57.0 Å². The molecule has 0 amide bonds. The van der Waals surface area contributed by atoms with E-state index >= 15 is 0 Å². The summed E-state index contributed by atoms with van der Waals surface area (Å²) in [6, 6.07) is 7.83. The molecule has 0 aromatic heterocycles. The van der Waals surface area contributed by atoms with Crippen LogP contribution in [0.1, 0.15) is 45.1 Å². The lowest BCUT2D eigenvalue weighted by Gasteiger charge is -2.14. The third-order valence-electron chi connectivity index (χ3n) is 4.12. The molecule has 0 unspecified atom stereocenters. The fourth-order valence-corrected chi connectivity index (χ4v) is 3.34. The minimum absolute atomic E-state index is 0.351. The number of rotatable bonds is 9. The van der Waals surface area contributed by atoms with E-state index < -0.39 is 10.0 Å². The standard InChI is InChI=1S/C16H26N2O2S/c1-3-13(4-2)12-18-21(19,20)16-9-5-14(6-10-16)11-17-15-7-8-15/h5-6,9-10,13,15,17-18H,3-4,7-8,11-12H2,1-2H3. The quantitative estimate of drug-likeness (QED) is 0.737. The number of hydrogen-bond acceptors (Lipinski definition) is 3. The van der Waals surface area contributed by atoms with Crippen molar-refractivity contribution in [2.24, 2.45) is 5.92 Å². The molecule has 118 valence electrons. The smallest absolute Gasteiger partial charge is 0.240 e. The van der Waals surface area contributed by atoms with Gasteiger partial charge >= 0.3 is 0 Å². The highest BCUT2D eigenvalue weighted by atomic mass is 32.2. The van der Waals surface area contributed by atoms with Gasteiger partial charge in [0.15, 0.2) is 0 Å². The summed E-state index contributed by atoms with van der Waals surface area (Å²) in [5.74, 6) is 0.404. The Morgan fingerprint density at radius 1 is 1.14 bits per heavy atom. The van der Waals surface area contributed by atoms with Gasteiger partial charge in [0.1, 0.15) is 0 Å². The molecule has 1 aromatic carbocycles. The average molecular weight is 310 g/mol. The van der Waals surface area contributed by atoms with Crippen LogP contribution in [0.15, 0.2) is 29.2 Å². The van der Waals surface area contributed by atoms with E-state index in [1.807, 2.05) is 12.1 Å². The topological polar surface area (TPSA) is 58.2 Å². The van der Waals surface area contributed by atoms with Crippen molar-refractivity contribution in [1.29, 1.82) is 0 Å². The van der Waals surface area contributed by atoms with Gasteiger partial charge in [-0.3, -0.25) is 0 Å². The molecule has 2 N–H and O–H groups in total. The molecule has 1 aliphatic rings. The van der Waals surface area contributed by atoms with Crippen LogP contribution in [-0.2, 0) is 16.6 Å². The Hall–Kier alpha value is -0.910. The lowest BCUT2D eigenvalue weighted by atomic mass is 10.0. The minimum atomic E-state index is -3.38. The first-order valence-electron chi connectivity index (χ1n) is 7.87. The highest BCUT2D eigenvalue weighted by Crippen LogP contribution is 2.19. The summed E-state index contributed by atoms with van der Waals surface area (Å²) in [6.07, 6.45) is 4.49. The Balaban J connectivity index is 1.92. The molecule has 1 aliphatic carbocycles. The fraction of sp³-hybridized carbons (Fsp3) is 0.625. The minimum Gasteiger partial charge on any atom is -0.310 e. The van der Waals surface area contributed by atoms with Crippen LogP contribution in [0.25, 0.3) is 0 Å². The largest absolute Gasteiger partial charge is 0.310 e. The van der Waals surface area contributed by atoms with Gasteiger partial charge in [0.05, 0.1) is 4.90 Å². The van der Waals surface area contributed by atoms with Crippen molar-refractivity contribution in [3.8, 4) is 0 Å². The van der Waals surface area contributed by atoms with Gasteiger partial charge in [-0.15, -0.1) is 0 Å². The van der Waals surface area contributed by atoms with Crippen LogP contribution in [0, 0.1) is 5.92 Å². The van der Waals surface area contributed by atoms with Gasteiger partial charge in [-0.25, -0.2) is 13.1 Å². The number of hydrogen-bond donors (Lipinski definition) is 2. The Morgan fingerprint density at radius 3 is 2.29 bits per heavy atom. The number of nitrogens with one attached hydrogen (secondary N) is 2. The summed E-state index contributed by atoms with van der Waals surface area (Å²) in [5, 5.41) is 3.42. The fourth-order valence-electron chi connectivity index (χ4n) is 2.22. The van der Waals surface area contributed by atoms with E-state index in [4.69, 9.17) is 0 Å². The summed E-state index contributed by atoms with van der Waals surface area (Å²) < 4.78 is 27.2. The van der Waals surface area contributed by atoms with Gasteiger partial charge in [0.25, 0.3) is 0 Å². The van der Waals surface area contributed by atoms with Crippen molar-refractivity contribution in [1.82, 2.24) is 10.0 Å². The van der Waals surface area contributed by atoms with Crippen molar-refractivity contribution in [3.05, 3.63) is 29.8 Å². The molecule has 0 spiro atoms. The zero-order valence-corrected chi connectivity index (χ0v) is 13.7. The second kappa shape index (κ2) is 7.38. The molecule has 1 aromatic rings. The van der Waals surface area contributed by atoms with Crippen molar-refractivity contribution in [3.63, 3.8) is 0 Å². The van der Waals surface area contributed by atoms with Crippen LogP contribution >= 0.6 is 0 Å². The molecule has 0 saturated heterocycles. The van der Waals surface area contributed by atoms with Gasteiger partial charge in [0.2, 0.25) is 10.0 Å². The normalized spacial score (nSPS) is 15.6. The SMILES string of the molecule is CCC(CC)CNS(=O)(=O)c1ccc(CNC2CC2)cc1. The van der Waals surface area contributed by atoms with E-state index in [0.29, 0.717) is 23.4 Å². The van der Waals surface area contributed by atoms with Gasteiger partial charge in [0, 0.05) is 19.1 Å². The first-order valence-corrected chi connectivity index (χ1v) is 9.35. The third-order valence-corrected chi connectivity index (χ3v) is 5.56. The zero-order valence-electron chi connectivity index (χ0n) is 12.9. The molecule has 0 bridgehead atoms. The molecule has 1 saturated carbocycles. The maximum Gasteiger partial charge on any atom is 0.240 e. The predicted octanol–water partition coefficient (Wildman–Crippen LogP) is 2.65. The van der Waals surface area contributed by atoms with Crippen LogP contribution in [0.3, 0.4) is 0 Å². The van der Waals surface area contributed by atoms with E-state index in [1.165, 1.54) is 12.8 Å². The molecule has 5 heteroatoms. The van der Waals surface area contributed by atoms with Crippen molar-refractivity contribution >= 4 is 10.0 Å². The summed E-state index contributed by atoms with van der Waals surface area (Å²) in [5.41, 5.74) is 1.13. The molecule has 21 heavy (non-hydrogen) atoms. The zero-order chi connectivity index (χ0) is 15.3. The molecular weight excluding hydrogens is 284 g/mol. The summed E-state index contributed by atoms with van der Waals surface area (Å²) >= 11 is 0. The highest BCUT2D eigenvalue weighted by molar-refractivity contribution is 7.89. The first kappa shape index (κ1) is 16.5. The predicted molar refractivity (Wildman–Crippen MR) is 85.6 cm³/mol. The molecule has 0 atom stereocenters. The van der Waals surface area contributed by atoms with Crippen LogP contribution in [0.4, 0.5) is 0 Å². The Labute approximate surface area is 128 Å². The van der Waals surface area contributed by atoms with Gasteiger partial charge < -0.3 is 5.32 Å². The third kappa shape index (κ3) is 5.09. The van der Waals surface area contributed by atoms with Gasteiger partial charge in [-0.1, -0.05) is 38.8 Å². The molecule has 1 fully saturated rings. The maximum absolute atomic E-state index is 12.2. The Morgan fingerprint density at radius 2 is 1.76 bits per heavy atom. The molecule has 2 rings (SSSR count). The summed E-state index contributed by atoms with van der Waals surface area (Å²) in [4.78, 5) is 0.351. The monoisotopic (exact) mass is 310 g/mol. The number of benzene rings is 1.